The first-order chi connectivity index (χ1) is 2.89. The Morgan fingerprint density at radius 3 is 3.00 bits per heavy atom. The Balaban J connectivity index is 2.59. The van der Waals surface area contributed by atoms with E-state index < -0.39 is 0 Å². The van der Waals surface area contributed by atoms with Gasteiger partial charge in [0.05, 0.1) is 6.20 Å². The average Bonchev–Trinajstić information content (AvgIpc) is 1.86. The predicted octanol–water partition coefficient (Wildman–Crippen LogP) is -0.597. The maximum atomic E-state index is 6.70. The molecular formula is C3H3N3. The highest BCUT2D eigenvalue weighted by atomic mass is 15.4. The Labute approximate surface area is 35.5 Å². The van der Waals surface area contributed by atoms with E-state index in [0.717, 1.165) is 0 Å². The third-order valence-corrected chi connectivity index (χ3v) is 0.450. The number of rotatable bonds is 0. The third kappa shape index (κ3) is 0.337. The molecule has 0 aromatic rings. The fourth-order valence-electron chi connectivity index (χ4n) is 0.225. The Kier molecular flexibility index (Phi) is 0.538. The van der Waals surface area contributed by atoms with Crippen LogP contribution in [0, 0.1) is 11.6 Å². The number of nitrogens with one attached hydrogen (secondary N) is 2. The molecule has 6 heavy (non-hydrogen) atoms. The van der Waals surface area contributed by atoms with Crippen molar-refractivity contribution in [1.82, 2.24) is 10.9 Å². The van der Waals surface area contributed by atoms with Crippen LogP contribution < -0.4 is 10.9 Å². The number of hydrogen-bond acceptors (Lipinski definition) is 2. The first-order valence-electron chi connectivity index (χ1n) is 1.52. The van der Waals surface area contributed by atoms with Crippen LogP contribution in [0.3, 0.4) is 0 Å². The van der Waals surface area contributed by atoms with E-state index in [0.29, 0.717) is 0 Å². The second-order valence-electron chi connectivity index (χ2n) is 0.898. The molecule has 0 aliphatic carbocycles. The van der Waals surface area contributed by atoms with Crippen molar-refractivity contribution in [1.29, 1.82) is 5.41 Å². The number of hydrogen-bond donors (Lipinski definition) is 2. The first kappa shape index (κ1) is 3.21. The van der Waals surface area contributed by atoms with Crippen molar-refractivity contribution in [2.45, 2.75) is 0 Å². The molecule has 0 bridgehead atoms. The molecule has 0 amide bonds. The van der Waals surface area contributed by atoms with Crippen LogP contribution in [0.25, 0.3) is 0 Å². The van der Waals surface area contributed by atoms with Gasteiger partial charge in [0, 0.05) is 6.08 Å². The lowest BCUT2D eigenvalue weighted by Crippen LogP contribution is -2.15. The topological polar surface area (TPSA) is 50.0 Å². The van der Waals surface area contributed by atoms with Crippen LogP contribution in [0.15, 0.2) is 6.08 Å². The summed E-state index contributed by atoms with van der Waals surface area (Å²) in [4.78, 5) is 0. The van der Waals surface area contributed by atoms with Crippen molar-refractivity contribution in [3.63, 3.8) is 0 Å². The minimum Gasteiger partial charge on any atom is -0.281 e. The quantitative estimate of drug-likeness (QED) is 0.402. The first-order valence-corrected chi connectivity index (χ1v) is 1.52. The molecule has 2 N–H and O–H groups in total. The molecule has 0 saturated carbocycles. The smallest absolute Gasteiger partial charge is 0.166 e. The monoisotopic (exact) mass is 81.0 g/mol. The molecule has 30 valence electrons. The van der Waals surface area contributed by atoms with Crippen LogP contribution in [0.5, 0.6) is 0 Å². The summed E-state index contributed by atoms with van der Waals surface area (Å²) in [6.07, 6.45) is 3.96. The summed E-state index contributed by atoms with van der Waals surface area (Å²) in [5.41, 5.74) is 5.77. The van der Waals surface area contributed by atoms with E-state index in [1.807, 2.05) is 0 Å². The molecule has 0 aromatic carbocycles. The molecule has 2 radical (unpaired) electrons. The normalized spacial score (nSPS) is 17.0. The minimum absolute atomic E-state index is 0.231. The van der Waals surface area contributed by atoms with Crippen LogP contribution in [-0.2, 0) is 0 Å². The average molecular weight is 81.1 g/mol. The molecule has 0 saturated heterocycles. The van der Waals surface area contributed by atoms with Crippen LogP contribution >= 0.6 is 0 Å². The van der Waals surface area contributed by atoms with Crippen LogP contribution in [0.4, 0.5) is 0 Å². The highest BCUT2D eigenvalue weighted by Gasteiger charge is 1.94. The van der Waals surface area contributed by atoms with Crippen LogP contribution in [0.1, 0.15) is 0 Å². The van der Waals surface area contributed by atoms with Gasteiger partial charge < -0.3 is 0 Å². The van der Waals surface area contributed by atoms with Crippen molar-refractivity contribution >= 4 is 5.84 Å². The summed E-state index contributed by atoms with van der Waals surface area (Å²) in [6, 6.07) is 0. The largest absolute Gasteiger partial charge is 0.281 e. The summed E-state index contributed by atoms with van der Waals surface area (Å²) in [5, 5.41) is 6.70. The van der Waals surface area contributed by atoms with Gasteiger partial charge in [0.25, 0.3) is 0 Å². The van der Waals surface area contributed by atoms with Gasteiger partial charge >= 0.3 is 0 Å². The Morgan fingerprint density at radius 2 is 2.83 bits per heavy atom. The van der Waals surface area contributed by atoms with Gasteiger partial charge in [-0.05, 0) is 0 Å². The Bertz CT molecular complexity index is 94.2. The molecule has 0 fully saturated rings. The molecule has 3 heteroatoms. The molecule has 0 unspecified atom stereocenters. The van der Waals surface area contributed by atoms with Gasteiger partial charge in [0.15, 0.2) is 5.84 Å². The summed E-state index contributed by atoms with van der Waals surface area (Å²) >= 11 is 0. The van der Waals surface area contributed by atoms with Gasteiger partial charge in [0.2, 0.25) is 0 Å². The Morgan fingerprint density at radius 1 is 2.00 bits per heavy atom. The van der Waals surface area contributed by atoms with Gasteiger partial charge in [-0.3, -0.25) is 10.8 Å². The number of nitrogens with zero attached hydrogens (tertiary/aromatic N) is 1. The molecule has 1 heterocycles. The SMILES string of the molecule is N=C1C=[C]N[N]1. The molecule has 0 atom stereocenters. The van der Waals surface area contributed by atoms with Crippen molar-refractivity contribution in [3.8, 4) is 0 Å². The van der Waals surface area contributed by atoms with E-state index in [-0.39, 0.29) is 5.84 Å². The molecule has 1 aliphatic heterocycles. The van der Waals surface area contributed by atoms with Gasteiger partial charge in [-0.15, -0.1) is 0 Å². The van der Waals surface area contributed by atoms with E-state index in [1.165, 1.54) is 6.08 Å². The predicted molar refractivity (Wildman–Crippen MR) is 20.8 cm³/mol. The standard InChI is InChI=1S/C3H3N3/c4-3-1-2-5-6-3/h1,4-5H. The van der Waals surface area contributed by atoms with Gasteiger partial charge in [-0.2, -0.15) is 5.43 Å². The van der Waals surface area contributed by atoms with Crippen molar-refractivity contribution in [2.24, 2.45) is 0 Å². The number of amidine groups is 1. The fourth-order valence-corrected chi connectivity index (χ4v) is 0.225. The fraction of sp³-hybridized carbons (Fsp3) is 0. The summed E-state index contributed by atoms with van der Waals surface area (Å²) in [5.74, 6) is 0.231. The van der Waals surface area contributed by atoms with E-state index in [1.54, 1.807) is 0 Å². The van der Waals surface area contributed by atoms with Gasteiger partial charge in [0.1, 0.15) is 0 Å². The highest BCUT2D eigenvalue weighted by Crippen LogP contribution is 1.74. The molecule has 1 aliphatic rings. The summed E-state index contributed by atoms with van der Waals surface area (Å²) in [7, 11) is 0. The van der Waals surface area contributed by atoms with Crippen LogP contribution in [0.2, 0.25) is 0 Å². The van der Waals surface area contributed by atoms with Crippen molar-refractivity contribution < 1.29 is 0 Å². The van der Waals surface area contributed by atoms with Gasteiger partial charge in [-0.1, -0.05) is 0 Å². The maximum absolute atomic E-state index is 6.70. The highest BCUT2D eigenvalue weighted by molar-refractivity contribution is 5.90. The Hall–Kier alpha value is -0.990. The summed E-state index contributed by atoms with van der Waals surface area (Å²) < 4.78 is 0. The van der Waals surface area contributed by atoms with E-state index in [2.05, 4.69) is 17.1 Å². The van der Waals surface area contributed by atoms with Crippen molar-refractivity contribution in [2.75, 3.05) is 0 Å². The summed E-state index contributed by atoms with van der Waals surface area (Å²) in [6.45, 7) is 0. The lowest BCUT2D eigenvalue weighted by molar-refractivity contribution is 0.811. The zero-order valence-corrected chi connectivity index (χ0v) is 3.02. The van der Waals surface area contributed by atoms with Gasteiger partial charge in [-0.25, -0.2) is 0 Å². The minimum atomic E-state index is 0.231. The molecular weight excluding hydrogens is 78.1 g/mol. The van der Waals surface area contributed by atoms with E-state index in [4.69, 9.17) is 5.41 Å². The zero-order chi connectivity index (χ0) is 4.41. The second kappa shape index (κ2) is 1.01. The van der Waals surface area contributed by atoms with Crippen LogP contribution in [-0.4, -0.2) is 5.84 Å². The molecule has 3 nitrogen and oxygen atoms in total. The zero-order valence-electron chi connectivity index (χ0n) is 3.02. The third-order valence-electron chi connectivity index (χ3n) is 0.450. The maximum Gasteiger partial charge on any atom is 0.166 e. The lowest BCUT2D eigenvalue weighted by Gasteiger charge is -1.81. The second-order valence-corrected chi connectivity index (χ2v) is 0.898. The molecule has 0 aromatic heterocycles. The van der Waals surface area contributed by atoms with E-state index in [9.17, 15) is 0 Å². The van der Waals surface area contributed by atoms with E-state index >= 15 is 0 Å². The lowest BCUT2D eigenvalue weighted by atomic mass is 10.6. The van der Waals surface area contributed by atoms with Crippen molar-refractivity contribution in [3.05, 3.63) is 12.3 Å². The molecule has 1 rings (SSSR count). The molecule has 0 spiro atoms.